The summed E-state index contributed by atoms with van der Waals surface area (Å²) in [6, 6.07) is 0. The molecule has 0 aromatic carbocycles. The van der Waals surface area contributed by atoms with Crippen LogP contribution in [-0.4, -0.2) is 51.1 Å². The number of aliphatic hydroxyl groups is 4. The number of carbonyl (C=O) groups is 1. The van der Waals surface area contributed by atoms with Gasteiger partial charge in [0.15, 0.2) is 5.78 Å². The summed E-state index contributed by atoms with van der Waals surface area (Å²) in [5, 5.41) is 43.1. The van der Waals surface area contributed by atoms with Crippen LogP contribution in [0.5, 0.6) is 0 Å². The SMILES string of the molecule is C[C@@H](CO)CC[C@H](O)[C@@H](C)[C@H]1[C@@H](O)C[C@H]2[C@@H]3CCC4=CC(=O)CC[C@]4(C)[C@H]3C[C@@H](O)[C@]12C. The van der Waals surface area contributed by atoms with Gasteiger partial charge in [0.25, 0.3) is 0 Å². The van der Waals surface area contributed by atoms with Crippen LogP contribution >= 0.6 is 0 Å². The van der Waals surface area contributed by atoms with E-state index in [4.69, 9.17) is 0 Å². The molecule has 11 atom stereocenters. The lowest BCUT2D eigenvalue weighted by atomic mass is 9.45. The third-order valence-corrected chi connectivity index (χ3v) is 10.6. The van der Waals surface area contributed by atoms with E-state index in [1.165, 1.54) is 5.57 Å². The third kappa shape index (κ3) is 3.72. The number of fused-ring (bicyclic) bond motifs is 5. The zero-order valence-electron chi connectivity index (χ0n) is 20.3. The second kappa shape index (κ2) is 8.79. The zero-order chi connectivity index (χ0) is 23.4. The van der Waals surface area contributed by atoms with Gasteiger partial charge in [-0.05, 0) is 91.9 Å². The van der Waals surface area contributed by atoms with E-state index in [0.717, 1.165) is 25.7 Å². The predicted octanol–water partition coefficient (Wildman–Crippen LogP) is 3.48. The molecule has 3 saturated carbocycles. The van der Waals surface area contributed by atoms with Gasteiger partial charge in [-0.2, -0.15) is 0 Å². The van der Waals surface area contributed by atoms with Crippen LogP contribution in [0.25, 0.3) is 0 Å². The Kier molecular flexibility index (Phi) is 6.70. The highest BCUT2D eigenvalue weighted by Gasteiger charge is 2.65. The summed E-state index contributed by atoms with van der Waals surface area (Å²) in [7, 11) is 0. The molecule has 0 spiro atoms. The lowest BCUT2D eigenvalue weighted by Gasteiger charge is -2.60. The molecule has 32 heavy (non-hydrogen) atoms. The monoisotopic (exact) mass is 448 g/mol. The largest absolute Gasteiger partial charge is 0.396 e. The third-order valence-electron chi connectivity index (χ3n) is 10.6. The second-order valence-corrected chi connectivity index (χ2v) is 12.2. The van der Waals surface area contributed by atoms with Crippen LogP contribution in [0.4, 0.5) is 0 Å². The fourth-order valence-electron chi connectivity index (χ4n) is 8.56. The van der Waals surface area contributed by atoms with Crippen molar-refractivity contribution in [2.75, 3.05) is 6.61 Å². The minimum atomic E-state index is -0.549. The summed E-state index contributed by atoms with van der Waals surface area (Å²) >= 11 is 0. The van der Waals surface area contributed by atoms with Crippen molar-refractivity contribution in [2.45, 2.75) is 97.4 Å². The number of ketones is 1. The van der Waals surface area contributed by atoms with Crippen molar-refractivity contribution in [2.24, 2.45) is 46.3 Å². The number of hydrogen-bond donors (Lipinski definition) is 4. The van der Waals surface area contributed by atoms with Crippen molar-refractivity contribution < 1.29 is 25.2 Å². The number of carbonyl (C=O) groups excluding carboxylic acids is 1. The maximum atomic E-state index is 12.1. The Morgan fingerprint density at radius 3 is 2.50 bits per heavy atom. The lowest BCUT2D eigenvalue weighted by Crippen LogP contribution is -2.57. The van der Waals surface area contributed by atoms with Crippen LogP contribution in [0.15, 0.2) is 11.6 Å². The van der Waals surface area contributed by atoms with Crippen molar-refractivity contribution in [3.8, 4) is 0 Å². The van der Waals surface area contributed by atoms with E-state index >= 15 is 0 Å². The Bertz CT molecular complexity index is 748. The minimum absolute atomic E-state index is 0.0201. The molecule has 0 aliphatic heterocycles. The molecule has 0 unspecified atom stereocenters. The summed E-state index contributed by atoms with van der Waals surface area (Å²) in [6.45, 7) is 8.60. The maximum absolute atomic E-state index is 12.1. The van der Waals surface area contributed by atoms with E-state index in [2.05, 4.69) is 13.8 Å². The first kappa shape index (κ1) is 24.4. The van der Waals surface area contributed by atoms with Crippen molar-refractivity contribution >= 4 is 5.78 Å². The molecule has 4 N–H and O–H groups in total. The molecule has 0 heterocycles. The molecule has 4 aliphatic rings. The molecular formula is C27H44O5. The molecule has 3 fully saturated rings. The van der Waals surface area contributed by atoms with E-state index in [9.17, 15) is 25.2 Å². The molecular weight excluding hydrogens is 404 g/mol. The quantitative estimate of drug-likeness (QED) is 0.499. The molecule has 182 valence electrons. The van der Waals surface area contributed by atoms with Gasteiger partial charge in [-0.25, -0.2) is 0 Å². The second-order valence-electron chi connectivity index (χ2n) is 12.2. The molecule has 5 heteroatoms. The molecule has 0 saturated heterocycles. The van der Waals surface area contributed by atoms with Crippen LogP contribution in [-0.2, 0) is 4.79 Å². The first-order valence-electron chi connectivity index (χ1n) is 12.9. The van der Waals surface area contributed by atoms with Crippen LogP contribution in [0.1, 0.15) is 79.1 Å². The van der Waals surface area contributed by atoms with Gasteiger partial charge in [0, 0.05) is 18.4 Å². The molecule has 0 aromatic rings. The lowest BCUT2D eigenvalue weighted by molar-refractivity contribution is -0.151. The Hall–Kier alpha value is -0.750. The van der Waals surface area contributed by atoms with Gasteiger partial charge in [0.05, 0.1) is 18.3 Å². The van der Waals surface area contributed by atoms with Crippen LogP contribution in [0, 0.1) is 46.3 Å². The summed E-state index contributed by atoms with van der Waals surface area (Å²) in [5.74, 6) is 1.17. The molecule has 0 bridgehead atoms. The van der Waals surface area contributed by atoms with Gasteiger partial charge in [0.2, 0.25) is 0 Å². The van der Waals surface area contributed by atoms with Crippen LogP contribution in [0.2, 0.25) is 0 Å². The predicted molar refractivity (Wildman–Crippen MR) is 124 cm³/mol. The van der Waals surface area contributed by atoms with E-state index in [0.29, 0.717) is 37.5 Å². The fraction of sp³-hybridized carbons (Fsp3) is 0.889. The molecule has 0 aromatic heterocycles. The Morgan fingerprint density at radius 2 is 1.81 bits per heavy atom. The fourth-order valence-corrected chi connectivity index (χ4v) is 8.56. The van der Waals surface area contributed by atoms with Gasteiger partial charge in [0.1, 0.15) is 0 Å². The molecule has 5 nitrogen and oxygen atoms in total. The van der Waals surface area contributed by atoms with Gasteiger partial charge >= 0.3 is 0 Å². The topological polar surface area (TPSA) is 98.0 Å². The molecule has 0 amide bonds. The summed E-state index contributed by atoms with van der Waals surface area (Å²) in [6.07, 6.45) is 6.52. The first-order chi connectivity index (χ1) is 15.0. The number of rotatable bonds is 6. The highest BCUT2D eigenvalue weighted by Crippen LogP contribution is 2.67. The normalized spacial score (nSPS) is 46.5. The highest BCUT2D eigenvalue weighted by atomic mass is 16.3. The van der Waals surface area contributed by atoms with Crippen molar-refractivity contribution in [3.05, 3.63) is 11.6 Å². The summed E-state index contributed by atoms with van der Waals surface area (Å²) in [4.78, 5) is 12.1. The molecule has 4 aliphatic carbocycles. The standard InChI is InChI=1S/C27H44O5/c1-15(14-28)5-8-22(30)16(2)25-23(31)12-21-19-7-6-17-11-18(29)9-10-26(17,3)20(19)13-24(32)27(21,25)4/h11,15-16,19-25,28,30-32H,5-10,12-14H2,1-4H3/t15-,16-,19-,20+,21+,22+,23+,24-,25+,26+,27-/m1/s1. The maximum Gasteiger partial charge on any atom is 0.155 e. The van der Waals surface area contributed by atoms with E-state index in [1.807, 2.05) is 19.9 Å². The molecule has 4 rings (SSSR count). The van der Waals surface area contributed by atoms with E-state index < -0.39 is 23.7 Å². The number of aliphatic hydroxyl groups excluding tert-OH is 4. The smallest absolute Gasteiger partial charge is 0.155 e. The Balaban J connectivity index is 1.58. The Labute approximate surface area is 193 Å². The zero-order valence-corrected chi connectivity index (χ0v) is 20.3. The van der Waals surface area contributed by atoms with Crippen molar-refractivity contribution in [1.82, 2.24) is 0 Å². The number of hydrogen-bond acceptors (Lipinski definition) is 5. The van der Waals surface area contributed by atoms with Crippen molar-refractivity contribution in [1.29, 1.82) is 0 Å². The van der Waals surface area contributed by atoms with Crippen LogP contribution in [0.3, 0.4) is 0 Å². The average Bonchev–Trinajstić information content (AvgIpc) is 3.04. The highest BCUT2D eigenvalue weighted by molar-refractivity contribution is 5.91. The first-order valence-corrected chi connectivity index (χ1v) is 12.9. The summed E-state index contributed by atoms with van der Waals surface area (Å²) < 4.78 is 0. The average molecular weight is 449 g/mol. The van der Waals surface area contributed by atoms with Gasteiger partial charge in [-0.1, -0.05) is 33.3 Å². The van der Waals surface area contributed by atoms with E-state index in [-0.39, 0.29) is 41.5 Å². The van der Waals surface area contributed by atoms with Gasteiger partial charge < -0.3 is 20.4 Å². The number of allylic oxidation sites excluding steroid dienone is 1. The van der Waals surface area contributed by atoms with Gasteiger partial charge in [-0.3, -0.25) is 4.79 Å². The van der Waals surface area contributed by atoms with E-state index in [1.54, 1.807) is 0 Å². The van der Waals surface area contributed by atoms with Gasteiger partial charge in [-0.15, -0.1) is 0 Å². The van der Waals surface area contributed by atoms with Crippen LogP contribution < -0.4 is 0 Å². The molecule has 0 radical (unpaired) electrons. The minimum Gasteiger partial charge on any atom is -0.396 e. The Morgan fingerprint density at radius 1 is 1.09 bits per heavy atom. The van der Waals surface area contributed by atoms with Crippen molar-refractivity contribution in [3.63, 3.8) is 0 Å². The summed E-state index contributed by atoms with van der Waals surface area (Å²) in [5.41, 5.74) is 0.849.